The molecular weight excluding hydrogens is 575 g/mol. The van der Waals surface area contributed by atoms with Crippen LogP contribution in [0, 0.1) is 29.1 Å². The van der Waals surface area contributed by atoms with Gasteiger partial charge >= 0.3 is 7.12 Å². The van der Waals surface area contributed by atoms with E-state index in [-0.39, 0.29) is 29.7 Å². The lowest BCUT2D eigenvalue weighted by Crippen LogP contribution is -2.49. The Morgan fingerprint density at radius 3 is 2.27 bits per heavy atom. The van der Waals surface area contributed by atoms with Crippen molar-refractivity contribution in [3.8, 4) is 11.5 Å². The molecule has 3 fully saturated rings. The van der Waals surface area contributed by atoms with Crippen molar-refractivity contribution in [3.05, 3.63) is 90.0 Å². The van der Waals surface area contributed by atoms with Gasteiger partial charge in [-0.15, -0.1) is 0 Å². The highest BCUT2D eigenvalue weighted by Gasteiger charge is 2.68. The first kappa shape index (κ1) is 29.0. The Kier molecular flexibility index (Phi) is 6.72. The number of allylic oxidation sites excluding steroid dienone is 2. The maximum absolute atomic E-state index is 14.5. The lowest BCUT2D eigenvalue weighted by Gasteiger charge is -2.49. The largest absolute Gasteiger partial charge is 0.508 e. The molecule has 2 aliphatic carbocycles. The maximum atomic E-state index is 14.5. The van der Waals surface area contributed by atoms with Crippen LogP contribution in [-0.2, 0) is 19.2 Å². The SMILES string of the molecule is COc1cccc(O)c1[C@H]1C2=CC[C@@H]3C(=O)N(c4cccc(B(O)O)c4)C(=O)[C@@H]3[C@@H]2C[C@H]2C(=O)N(c3ccccc3)C(=O)[C@@]12C. The van der Waals surface area contributed by atoms with Crippen LogP contribution in [0.1, 0.15) is 31.2 Å². The van der Waals surface area contributed by atoms with E-state index in [9.17, 15) is 34.3 Å². The lowest BCUT2D eigenvalue weighted by atomic mass is 9.51. The number of carbonyl (C=O) groups excluding carboxylic acids is 4. The van der Waals surface area contributed by atoms with Crippen LogP contribution in [0.5, 0.6) is 11.5 Å². The van der Waals surface area contributed by atoms with Crippen LogP contribution in [0.4, 0.5) is 11.4 Å². The molecule has 0 unspecified atom stereocenters. The number of benzene rings is 3. The first-order valence-electron chi connectivity index (χ1n) is 14.9. The van der Waals surface area contributed by atoms with Gasteiger partial charge in [0, 0.05) is 11.5 Å². The number of imide groups is 2. The van der Waals surface area contributed by atoms with Gasteiger partial charge in [0.1, 0.15) is 11.5 Å². The fraction of sp³-hybridized carbons (Fsp3) is 0.294. The molecule has 2 aliphatic heterocycles. The molecule has 0 spiro atoms. The van der Waals surface area contributed by atoms with Crippen LogP contribution >= 0.6 is 0 Å². The molecular formula is C34H31BN2O8. The Morgan fingerprint density at radius 2 is 1.56 bits per heavy atom. The fourth-order valence-electron chi connectivity index (χ4n) is 8.23. The summed E-state index contributed by atoms with van der Waals surface area (Å²) in [6, 6.07) is 19.5. The van der Waals surface area contributed by atoms with Gasteiger partial charge in [-0.3, -0.25) is 24.1 Å². The summed E-state index contributed by atoms with van der Waals surface area (Å²) >= 11 is 0. The van der Waals surface area contributed by atoms with E-state index < -0.39 is 65.8 Å². The van der Waals surface area contributed by atoms with E-state index in [1.807, 2.05) is 6.08 Å². The van der Waals surface area contributed by atoms with E-state index in [0.29, 0.717) is 22.6 Å². The van der Waals surface area contributed by atoms with Crippen molar-refractivity contribution in [2.24, 2.45) is 29.1 Å². The zero-order valence-electron chi connectivity index (χ0n) is 24.7. The number of anilines is 2. The van der Waals surface area contributed by atoms with Crippen molar-refractivity contribution in [1.82, 2.24) is 0 Å². The van der Waals surface area contributed by atoms with Gasteiger partial charge in [-0.2, -0.15) is 0 Å². The highest BCUT2D eigenvalue weighted by molar-refractivity contribution is 6.58. The molecule has 3 aromatic rings. The van der Waals surface area contributed by atoms with E-state index in [4.69, 9.17) is 4.74 Å². The summed E-state index contributed by atoms with van der Waals surface area (Å²) in [4.78, 5) is 59.1. The summed E-state index contributed by atoms with van der Waals surface area (Å²) in [6.07, 6.45) is 2.28. The smallest absolute Gasteiger partial charge is 0.488 e. The highest BCUT2D eigenvalue weighted by atomic mass is 16.5. The molecule has 0 aromatic heterocycles. The average molecular weight is 606 g/mol. The van der Waals surface area contributed by atoms with Gasteiger partial charge in [0.05, 0.1) is 41.7 Å². The van der Waals surface area contributed by atoms with Gasteiger partial charge in [-0.25, -0.2) is 4.90 Å². The Balaban J connectivity index is 1.38. The Labute approximate surface area is 259 Å². The number of phenols is 1. The quantitative estimate of drug-likeness (QED) is 0.228. The van der Waals surface area contributed by atoms with E-state index >= 15 is 0 Å². The molecule has 45 heavy (non-hydrogen) atoms. The van der Waals surface area contributed by atoms with Crippen LogP contribution in [0.2, 0.25) is 0 Å². The number of ether oxygens (including phenoxy) is 1. The van der Waals surface area contributed by atoms with E-state index in [2.05, 4.69) is 0 Å². The monoisotopic (exact) mass is 606 g/mol. The number of amides is 4. The standard InChI is InChI=1S/C34H31BN2O8/c1-34-24(31(40)37(33(34)42)19-9-4-3-5-10-19)17-23-21(29(34)28-25(38)12-7-13-26(28)45-2)14-15-22-27(23)32(41)36(30(22)39)20-11-6-8-18(16-20)35(43)44/h3-14,16,22-24,27,29,38,43-44H,15,17H2,1-2H3/t22-,23+,24-,27-,29+,34+/m0/s1. The summed E-state index contributed by atoms with van der Waals surface area (Å²) in [6.45, 7) is 1.75. The van der Waals surface area contributed by atoms with Gasteiger partial charge in [-0.1, -0.05) is 48.0 Å². The number of hydrogen-bond donors (Lipinski definition) is 3. The minimum atomic E-state index is -1.78. The number of carbonyl (C=O) groups is 4. The second-order valence-electron chi connectivity index (χ2n) is 12.4. The highest BCUT2D eigenvalue weighted by Crippen LogP contribution is 2.65. The molecule has 3 aromatic carbocycles. The molecule has 6 atom stereocenters. The van der Waals surface area contributed by atoms with E-state index in [1.54, 1.807) is 61.5 Å². The van der Waals surface area contributed by atoms with Crippen molar-refractivity contribution in [2.75, 3.05) is 16.9 Å². The number of fused-ring (bicyclic) bond motifs is 4. The number of hydrogen-bond acceptors (Lipinski definition) is 8. The van der Waals surface area contributed by atoms with Crippen LogP contribution in [0.3, 0.4) is 0 Å². The van der Waals surface area contributed by atoms with Crippen molar-refractivity contribution in [2.45, 2.75) is 25.7 Å². The molecule has 4 aliphatic rings. The normalized spacial score (nSPS) is 28.9. The first-order valence-corrected chi connectivity index (χ1v) is 14.9. The summed E-state index contributed by atoms with van der Waals surface area (Å²) in [7, 11) is -0.312. The maximum Gasteiger partial charge on any atom is 0.488 e. The predicted octanol–water partition coefficient (Wildman–Crippen LogP) is 2.52. The van der Waals surface area contributed by atoms with Gasteiger partial charge < -0.3 is 19.9 Å². The Bertz CT molecular complexity index is 1790. The molecule has 7 rings (SSSR count). The lowest BCUT2D eigenvalue weighted by molar-refractivity contribution is -0.131. The van der Waals surface area contributed by atoms with Gasteiger partial charge in [0.15, 0.2) is 0 Å². The predicted molar refractivity (Wildman–Crippen MR) is 164 cm³/mol. The molecule has 11 heteroatoms. The molecule has 0 bridgehead atoms. The minimum absolute atomic E-state index is 0.101. The molecule has 2 heterocycles. The van der Waals surface area contributed by atoms with Crippen molar-refractivity contribution in [1.29, 1.82) is 0 Å². The molecule has 1 saturated carbocycles. The van der Waals surface area contributed by atoms with E-state index in [1.165, 1.54) is 30.2 Å². The number of rotatable bonds is 5. The number of phenolic OH excluding ortho intramolecular Hbond substituents is 1. The summed E-state index contributed by atoms with van der Waals surface area (Å²) in [5.74, 6) is -5.21. The summed E-state index contributed by atoms with van der Waals surface area (Å²) in [5, 5.41) is 30.7. The number of aromatic hydroxyl groups is 1. The second kappa shape index (κ2) is 10.4. The van der Waals surface area contributed by atoms with Crippen LogP contribution in [-0.4, -0.2) is 53.0 Å². The van der Waals surface area contributed by atoms with Crippen molar-refractivity contribution in [3.63, 3.8) is 0 Å². The second-order valence-corrected chi connectivity index (χ2v) is 12.4. The van der Waals surface area contributed by atoms with Gasteiger partial charge in [-0.05, 0) is 67.5 Å². The number of para-hydroxylation sites is 1. The molecule has 228 valence electrons. The van der Waals surface area contributed by atoms with Gasteiger partial charge in [0.2, 0.25) is 23.6 Å². The van der Waals surface area contributed by atoms with Gasteiger partial charge in [0.25, 0.3) is 0 Å². The first-order chi connectivity index (χ1) is 21.6. The van der Waals surface area contributed by atoms with Crippen molar-refractivity contribution < 1.29 is 39.1 Å². The Hall–Kier alpha value is -4.74. The Morgan fingerprint density at radius 1 is 0.844 bits per heavy atom. The van der Waals surface area contributed by atoms with Crippen molar-refractivity contribution >= 4 is 47.6 Å². The third-order valence-corrected chi connectivity index (χ3v) is 10.3. The molecule has 3 N–H and O–H groups in total. The third kappa shape index (κ3) is 4.03. The third-order valence-electron chi connectivity index (χ3n) is 10.3. The van der Waals surface area contributed by atoms with Crippen LogP contribution in [0.25, 0.3) is 0 Å². The van der Waals surface area contributed by atoms with Crippen LogP contribution < -0.4 is 20.0 Å². The van der Waals surface area contributed by atoms with Crippen LogP contribution in [0.15, 0.2) is 84.4 Å². The zero-order chi connectivity index (χ0) is 31.8. The summed E-state index contributed by atoms with van der Waals surface area (Å²) in [5.41, 5.74) is 0.548. The molecule has 0 radical (unpaired) electrons. The number of nitrogens with zero attached hydrogens (tertiary/aromatic N) is 2. The average Bonchev–Trinajstić information content (AvgIpc) is 3.41. The number of methoxy groups -OCH3 is 1. The molecule has 2 saturated heterocycles. The van der Waals surface area contributed by atoms with E-state index in [0.717, 1.165) is 4.90 Å². The topological polar surface area (TPSA) is 145 Å². The fourth-order valence-corrected chi connectivity index (χ4v) is 8.23. The molecule has 10 nitrogen and oxygen atoms in total. The zero-order valence-corrected chi connectivity index (χ0v) is 24.7. The molecule has 4 amide bonds. The minimum Gasteiger partial charge on any atom is -0.508 e. The summed E-state index contributed by atoms with van der Waals surface area (Å²) < 4.78 is 5.69.